The van der Waals surface area contributed by atoms with Crippen molar-refractivity contribution in [2.75, 3.05) is 26.8 Å². The summed E-state index contributed by atoms with van der Waals surface area (Å²) in [5.41, 5.74) is 1.15. The smallest absolute Gasteiger partial charge is 0.119 e. The molecule has 0 saturated heterocycles. The summed E-state index contributed by atoms with van der Waals surface area (Å²) >= 11 is 0. The van der Waals surface area contributed by atoms with Crippen molar-refractivity contribution in [3.05, 3.63) is 29.8 Å². The van der Waals surface area contributed by atoms with Crippen molar-refractivity contribution in [3.63, 3.8) is 0 Å². The van der Waals surface area contributed by atoms with Crippen molar-refractivity contribution in [2.24, 2.45) is 5.92 Å². The van der Waals surface area contributed by atoms with Crippen LogP contribution in [-0.2, 0) is 11.3 Å². The van der Waals surface area contributed by atoms with Crippen LogP contribution in [0.2, 0.25) is 0 Å². The number of hydrogen-bond acceptors (Lipinski definition) is 3. The highest BCUT2D eigenvalue weighted by molar-refractivity contribution is 5.27. The summed E-state index contributed by atoms with van der Waals surface area (Å²) in [6, 6.07) is 7.98. The second-order valence-electron chi connectivity index (χ2n) is 4.84. The normalized spacial score (nSPS) is 10.9. The summed E-state index contributed by atoms with van der Waals surface area (Å²) in [4.78, 5) is 0. The second kappa shape index (κ2) is 8.95. The number of rotatable bonds is 9. The molecule has 0 radical (unpaired) electrons. The van der Waals surface area contributed by atoms with Crippen LogP contribution in [0.3, 0.4) is 0 Å². The molecule has 0 aromatic heterocycles. The predicted octanol–water partition coefficient (Wildman–Crippen LogP) is 2.85. The highest BCUT2D eigenvalue weighted by atomic mass is 16.5. The van der Waals surface area contributed by atoms with Gasteiger partial charge in [-0.05, 0) is 36.6 Å². The van der Waals surface area contributed by atoms with E-state index in [-0.39, 0.29) is 0 Å². The van der Waals surface area contributed by atoms with Crippen LogP contribution in [0.15, 0.2) is 24.3 Å². The lowest BCUT2D eigenvalue weighted by atomic mass is 10.1. The molecule has 1 aromatic carbocycles. The molecule has 3 heteroatoms. The minimum absolute atomic E-state index is 0.642. The molecule has 0 unspecified atom stereocenters. The number of hydrogen-bond donors (Lipinski definition) is 1. The average Bonchev–Trinajstić information content (AvgIpc) is 2.37. The molecule has 102 valence electrons. The van der Waals surface area contributed by atoms with E-state index in [0.29, 0.717) is 6.61 Å². The monoisotopic (exact) mass is 251 g/mol. The summed E-state index contributed by atoms with van der Waals surface area (Å²) in [7, 11) is 1.68. The van der Waals surface area contributed by atoms with Crippen molar-refractivity contribution < 1.29 is 9.47 Å². The molecule has 0 bridgehead atoms. The standard InChI is InChI=1S/C15H25NO2/c1-13(2)7-8-16-9-10-18-12-14-5-4-6-15(11-14)17-3/h4-6,11,13,16H,7-10,12H2,1-3H3. The van der Waals surface area contributed by atoms with Gasteiger partial charge in [0, 0.05) is 6.54 Å². The Hall–Kier alpha value is -1.06. The van der Waals surface area contributed by atoms with Gasteiger partial charge in [-0.2, -0.15) is 0 Å². The van der Waals surface area contributed by atoms with E-state index in [1.807, 2.05) is 18.2 Å². The summed E-state index contributed by atoms with van der Waals surface area (Å²) < 4.78 is 10.8. The molecule has 0 aliphatic rings. The average molecular weight is 251 g/mol. The van der Waals surface area contributed by atoms with Crippen LogP contribution in [0.25, 0.3) is 0 Å². The van der Waals surface area contributed by atoms with Crippen LogP contribution < -0.4 is 10.1 Å². The zero-order chi connectivity index (χ0) is 13.2. The van der Waals surface area contributed by atoms with E-state index < -0.39 is 0 Å². The summed E-state index contributed by atoms with van der Waals surface area (Å²) in [6.45, 7) is 7.84. The van der Waals surface area contributed by atoms with Gasteiger partial charge in [0.1, 0.15) is 5.75 Å². The van der Waals surface area contributed by atoms with Gasteiger partial charge in [-0.25, -0.2) is 0 Å². The van der Waals surface area contributed by atoms with Crippen LogP contribution in [0.1, 0.15) is 25.8 Å². The van der Waals surface area contributed by atoms with Crippen molar-refractivity contribution in [1.29, 1.82) is 0 Å². The lowest BCUT2D eigenvalue weighted by Crippen LogP contribution is -2.21. The van der Waals surface area contributed by atoms with E-state index >= 15 is 0 Å². The summed E-state index contributed by atoms with van der Waals surface area (Å²) in [5, 5.41) is 3.38. The maximum atomic E-state index is 5.61. The lowest BCUT2D eigenvalue weighted by molar-refractivity contribution is 0.122. The Morgan fingerprint density at radius 3 is 2.78 bits per heavy atom. The maximum Gasteiger partial charge on any atom is 0.119 e. The fraction of sp³-hybridized carbons (Fsp3) is 0.600. The highest BCUT2D eigenvalue weighted by Gasteiger charge is 1.96. The van der Waals surface area contributed by atoms with Gasteiger partial charge in [-0.1, -0.05) is 26.0 Å². The Bertz CT molecular complexity index is 326. The van der Waals surface area contributed by atoms with Gasteiger partial charge in [0.05, 0.1) is 20.3 Å². The number of benzene rings is 1. The van der Waals surface area contributed by atoms with Crippen molar-refractivity contribution in [3.8, 4) is 5.75 Å². The molecular formula is C15H25NO2. The zero-order valence-electron chi connectivity index (χ0n) is 11.7. The first kappa shape index (κ1) is 15.0. The topological polar surface area (TPSA) is 30.5 Å². The molecule has 0 amide bonds. The van der Waals surface area contributed by atoms with Gasteiger partial charge in [-0.3, -0.25) is 0 Å². The van der Waals surface area contributed by atoms with Crippen molar-refractivity contribution in [1.82, 2.24) is 5.32 Å². The van der Waals surface area contributed by atoms with E-state index in [4.69, 9.17) is 9.47 Å². The quantitative estimate of drug-likeness (QED) is 0.685. The van der Waals surface area contributed by atoms with Crippen molar-refractivity contribution in [2.45, 2.75) is 26.9 Å². The molecule has 0 saturated carbocycles. The fourth-order valence-corrected chi connectivity index (χ4v) is 1.61. The number of methoxy groups -OCH3 is 1. The minimum Gasteiger partial charge on any atom is -0.497 e. The van der Waals surface area contributed by atoms with E-state index in [9.17, 15) is 0 Å². The first-order chi connectivity index (χ1) is 8.72. The molecule has 0 aliphatic heterocycles. The third-order valence-corrected chi connectivity index (χ3v) is 2.72. The Morgan fingerprint density at radius 1 is 1.22 bits per heavy atom. The zero-order valence-corrected chi connectivity index (χ0v) is 11.7. The molecular weight excluding hydrogens is 226 g/mol. The predicted molar refractivity (Wildman–Crippen MR) is 75.0 cm³/mol. The summed E-state index contributed by atoms with van der Waals surface area (Å²) in [6.07, 6.45) is 1.22. The van der Waals surface area contributed by atoms with Gasteiger partial charge < -0.3 is 14.8 Å². The van der Waals surface area contributed by atoms with Crippen LogP contribution in [0.4, 0.5) is 0 Å². The first-order valence-electron chi connectivity index (χ1n) is 6.63. The van der Waals surface area contributed by atoms with Crippen LogP contribution in [-0.4, -0.2) is 26.8 Å². The van der Waals surface area contributed by atoms with Crippen molar-refractivity contribution >= 4 is 0 Å². The Morgan fingerprint density at radius 2 is 2.06 bits per heavy atom. The van der Waals surface area contributed by atoms with Gasteiger partial charge >= 0.3 is 0 Å². The Labute approximate surface area is 110 Å². The molecule has 0 fully saturated rings. The minimum atomic E-state index is 0.642. The fourth-order valence-electron chi connectivity index (χ4n) is 1.61. The van der Waals surface area contributed by atoms with Crippen LogP contribution >= 0.6 is 0 Å². The van der Waals surface area contributed by atoms with Gasteiger partial charge in [0.2, 0.25) is 0 Å². The lowest BCUT2D eigenvalue weighted by Gasteiger charge is -2.08. The van der Waals surface area contributed by atoms with Gasteiger partial charge in [0.15, 0.2) is 0 Å². The van der Waals surface area contributed by atoms with E-state index in [0.717, 1.165) is 36.9 Å². The second-order valence-corrected chi connectivity index (χ2v) is 4.84. The van der Waals surface area contributed by atoms with E-state index in [1.165, 1.54) is 6.42 Å². The molecule has 0 heterocycles. The molecule has 1 aromatic rings. The number of ether oxygens (including phenoxy) is 2. The molecule has 1 N–H and O–H groups in total. The SMILES string of the molecule is COc1cccc(COCCNCCC(C)C)c1. The molecule has 18 heavy (non-hydrogen) atoms. The highest BCUT2D eigenvalue weighted by Crippen LogP contribution is 2.12. The van der Waals surface area contributed by atoms with E-state index in [2.05, 4.69) is 25.2 Å². The van der Waals surface area contributed by atoms with Gasteiger partial charge in [0.25, 0.3) is 0 Å². The van der Waals surface area contributed by atoms with Gasteiger partial charge in [-0.15, -0.1) is 0 Å². The van der Waals surface area contributed by atoms with Crippen LogP contribution in [0.5, 0.6) is 5.75 Å². The molecule has 0 aliphatic carbocycles. The molecule has 0 atom stereocenters. The number of nitrogens with one attached hydrogen (secondary N) is 1. The molecule has 0 spiro atoms. The Balaban J connectivity index is 2.06. The third-order valence-electron chi connectivity index (χ3n) is 2.72. The third kappa shape index (κ3) is 6.62. The molecule has 1 rings (SSSR count). The molecule has 3 nitrogen and oxygen atoms in total. The van der Waals surface area contributed by atoms with E-state index in [1.54, 1.807) is 7.11 Å². The largest absolute Gasteiger partial charge is 0.497 e. The Kier molecular flexibility index (Phi) is 7.46. The maximum absolute atomic E-state index is 5.61. The van der Waals surface area contributed by atoms with Crippen LogP contribution in [0, 0.1) is 5.92 Å². The summed E-state index contributed by atoms with van der Waals surface area (Å²) in [5.74, 6) is 1.64. The first-order valence-corrected chi connectivity index (χ1v) is 6.63.